The number of aromatic nitrogens is 3. The fourth-order valence-corrected chi connectivity index (χ4v) is 3.97. The molecule has 5 nitrogen and oxygen atoms in total. The number of nitrogens with zero attached hydrogens (tertiary/aromatic N) is 4. The van der Waals surface area contributed by atoms with Crippen LogP contribution in [-0.4, -0.2) is 26.2 Å². The molecule has 0 radical (unpaired) electrons. The molecule has 0 unspecified atom stereocenters. The van der Waals surface area contributed by atoms with Gasteiger partial charge in [0.2, 0.25) is 0 Å². The van der Waals surface area contributed by atoms with Crippen LogP contribution in [0.4, 0.5) is 4.39 Å². The molecule has 0 bridgehead atoms. The highest BCUT2D eigenvalue weighted by Gasteiger charge is 2.26. The number of rotatable bonds is 5. The van der Waals surface area contributed by atoms with Crippen molar-refractivity contribution < 1.29 is 8.81 Å². The maximum atomic E-state index is 13.2. The third kappa shape index (κ3) is 3.62. The van der Waals surface area contributed by atoms with Crippen LogP contribution in [0.25, 0.3) is 0 Å². The second-order valence-corrected chi connectivity index (χ2v) is 7.20. The summed E-state index contributed by atoms with van der Waals surface area (Å²) in [5, 5.41) is 9.54. The molecule has 1 aliphatic rings. The first-order valence-corrected chi connectivity index (χ1v) is 9.11. The fourth-order valence-electron chi connectivity index (χ4n) is 3.23. The van der Waals surface area contributed by atoms with Crippen LogP contribution in [0, 0.1) is 5.82 Å². The molecular formula is C18H19FN4OS. The van der Waals surface area contributed by atoms with Gasteiger partial charge in [0, 0.05) is 13.1 Å². The van der Waals surface area contributed by atoms with Crippen molar-refractivity contribution in [3.63, 3.8) is 0 Å². The van der Waals surface area contributed by atoms with Gasteiger partial charge in [-0.25, -0.2) is 4.39 Å². The van der Waals surface area contributed by atoms with E-state index in [0.29, 0.717) is 6.04 Å². The Hall–Kier alpha value is -2.12. The number of hydrogen-bond acceptors (Lipinski definition) is 5. The molecule has 7 heteroatoms. The summed E-state index contributed by atoms with van der Waals surface area (Å²) in [5.74, 6) is 0.739. The van der Waals surface area contributed by atoms with Crippen LogP contribution in [0.15, 0.2) is 57.4 Å². The van der Waals surface area contributed by atoms with Gasteiger partial charge in [-0.05, 0) is 61.0 Å². The van der Waals surface area contributed by atoms with E-state index in [1.54, 1.807) is 6.33 Å². The summed E-state index contributed by atoms with van der Waals surface area (Å²) in [6, 6.07) is 11.1. The van der Waals surface area contributed by atoms with Crippen molar-refractivity contribution in [2.45, 2.75) is 35.7 Å². The smallest absolute Gasteiger partial charge is 0.198 e. The van der Waals surface area contributed by atoms with Gasteiger partial charge < -0.3 is 8.98 Å². The molecule has 1 atom stereocenters. The Morgan fingerprint density at radius 3 is 2.84 bits per heavy atom. The van der Waals surface area contributed by atoms with E-state index in [4.69, 9.17) is 4.42 Å². The number of furan rings is 1. The summed E-state index contributed by atoms with van der Waals surface area (Å²) >= 11 is 1.46. The molecule has 0 aliphatic carbocycles. The minimum atomic E-state index is -0.190. The van der Waals surface area contributed by atoms with Crippen molar-refractivity contribution in [1.29, 1.82) is 0 Å². The molecule has 0 N–H and O–H groups in total. The molecule has 130 valence electrons. The van der Waals surface area contributed by atoms with Gasteiger partial charge in [-0.1, -0.05) is 12.1 Å². The van der Waals surface area contributed by atoms with Gasteiger partial charge in [-0.15, -0.1) is 10.2 Å². The summed E-state index contributed by atoms with van der Waals surface area (Å²) in [4.78, 5) is 2.39. The Balaban J connectivity index is 1.44. The lowest BCUT2D eigenvalue weighted by Crippen LogP contribution is -2.22. The van der Waals surface area contributed by atoms with E-state index >= 15 is 0 Å². The molecule has 3 aromatic rings. The molecular weight excluding hydrogens is 339 g/mol. The zero-order valence-electron chi connectivity index (χ0n) is 13.9. The molecule has 1 aliphatic heterocycles. The minimum absolute atomic E-state index is 0.190. The maximum absolute atomic E-state index is 13.2. The lowest BCUT2D eigenvalue weighted by atomic mass is 10.0. The van der Waals surface area contributed by atoms with E-state index in [-0.39, 0.29) is 5.82 Å². The molecule has 25 heavy (non-hydrogen) atoms. The molecule has 3 heterocycles. The van der Waals surface area contributed by atoms with Crippen LogP contribution in [0.1, 0.15) is 30.2 Å². The number of aryl methyl sites for hydroxylation is 1. The van der Waals surface area contributed by atoms with Crippen molar-refractivity contribution in [3.05, 3.63) is 59.9 Å². The van der Waals surface area contributed by atoms with Crippen LogP contribution in [0.2, 0.25) is 0 Å². The molecule has 0 amide bonds. The van der Waals surface area contributed by atoms with E-state index in [0.717, 1.165) is 41.9 Å². The highest BCUT2D eigenvalue weighted by molar-refractivity contribution is 7.99. The third-order valence-corrected chi connectivity index (χ3v) is 5.45. The molecule has 0 saturated carbocycles. The zero-order valence-corrected chi connectivity index (χ0v) is 14.7. The predicted octanol–water partition coefficient (Wildman–Crippen LogP) is 4.04. The number of hydrogen-bond donors (Lipinski definition) is 0. The summed E-state index contributed by atoms with van der Waals surface area (Å²) in [5.41, 5.74) is 1.17. The Morgan fingerprint density at radius 2 is 2.08 bits per heavy atom. The lowest BCUT2D eigenvalue weighted by Gasteiger charge is -2.23. The number of halogens is 1. The first kappa shape index (κ1) is 16.4. The number of likely N-dealkylation sites (tertiary alicyclic amines) is 1. The van der Waals surface area contributed by atoms with E-state index in [2.05, 4.69) is 15.1 Å². The van der Waals surface area contributed by atoms with Gasteiger partial charge in [0.1, 0.15) is 17.9 Å². The first-order valence-electron chi connectivity index (χ1n) is 8.29. The quantitative estimate of drug-likeness (QED) is 0.689. The van der Waals surface area contributed by atoms with Crippen LogP contribution in [-0.2, 0) is 13.6 Å². The molecule has 0 spiro atoms. The standard InChI is InChI=1S/C18H19FN4OS/c1-22-12-20-21-18(22)25-17-9-8-15(24-17)11-23-10-2-3-16(23)13-4-6-14(19)7-5-13/h4-9,12,16H,2-3,10-11H2,1H3/t16-/m0/s1. The van der Waals surface area contributed by atoms with Gasteiger partial charge in [-0.2, -0.15) is 0 Å². The Kier molecular flexibility index (Phi) is 4.59. The summed E-state index contributed by atoms with van der Waals surface area (Å²) < 4.78 is 21.0. The maximum Gasteiger partial charge on any atom is 0.198 e. The van der Waals surface area contributed by atoms with E-state index in [1.165, 1.54) is 29.5 Å². The van der Waals surface area contributed by atoms with Crippen LogP contribution < -0.4 is 0 Å². The van der Waals surface area contributed by atoms with Gasteiger partial charge in [0.25, 0.3) is 0 Å². The predicted molar refractivity (Wildman–Crippen MR) is 92.6 cm³/mol. The van der Waals surface area contributed by atoms with E-state index < -0.39 is 0 Å². The second kappa shape index (κ2) is 7.01. The minimum Gasteiger partial charge on any atom is -0.453 e. The molecule has 1 saturated heterocycles. The second-order valence-electron chi connectivity index (χ2n) is 6.23. The van der Waals surface area contributed by atoms with Crippen molar-refractivity contribution >= 4 is 11.8 Å². The number of benzene rings is 1. The van der Waals surface area contributed by atoms with Gasteiger partial charge in [0.15, 0.2) is 10.2 Å². The zero-order chi connectivity index (χ0) is 17.2. The van der Waals surface area contributed by atoms with Crippen molar-refractivity contribution in [2.75, 3.05) is 6.54 Å². The van der Waals surface area contributed by atoms with Crippen molar-refractivity contribution in [1.82, 2.24) is 19.7 Å². The Labute approximate surface area is 149 Å². The van der Waals surface area contributed by atoms with Crippen molar-refractivity contribution in [3.8, 4) is 0 Å². The third-order valence-electron chi connectivity index (χ3n) is 4.48. The first-order chi connectivity index (χ1) is 12.2. The fraction of sp³-hybridized carbons (Fsp3) is 0.333. The topological polar surface area (TPSA) is 47.1 Å². The average Bonchev–Trinajstić information content (AvgIpc) is 3.33. The van der Waals surface area contributed by atoms with Crippen LogP contribution in [0.3, 0.4) is 0 Å². The van der Waals surface area contributed by atoms with Crippen LogP contribution in [0.5, 0.6) is 0 Å². The van der Waals surface area contributed by atoms with E-state index in [9.17, 15) is 4.39 Å². The monoisotopic (exact) mass is 358 g/mol. The summed E-state index contributed by atoms with van der Waals surface area (Å²) in [6.45, 7) is 1.77. The molecule has 1 aromatic carbocycles. The van der Waals surface area contributed by atoms with E-state index in [1.807, 2.05) is 35.9 Å². The molecule has 4 rings (SSSR count). The highest BCUT2D eigenvalue weighted by atomic mass is 32.2. The molecule has 2 aromatic heterocycles. The summed E-state index contributed by atoms with van der Waals surface area (Å²) in [7, 11) is 1.91. The highest BCUT2D eigenvalue weighted by Crippen LogP contribution is 2.34. The molecule has 1 fully saturated rings. The lowest BCUT2D eigenvalue weighted by molar-refractivity contribution is 0.222. The SMILES string of the molecule is Cn1cnnc1Sc1ccc(CN2CCC[C@H]2c2ccc(F)cc2)o1. The normalized spacial score (nSPS) is 18.1. The Bertz CT molecular complexity index is 845. The van der Waals surface area contributed by atoms with Gasteiger partial charge >= 0.3 is 0 Å². The van der Waals surface area contributed by atoms with Crippen LogP contribution >= 0.6 is 11.8 Å². The van der Waals surface area contributed by atoms with Gasteiger partial charge in [0.05, 0.1) is 6.54 Å². The largest absolute Gasteiger partial charge is 0.453 e. The van der Waals surface area contributed by atoms with Crippen molar-refractivity contribution in [2.24, 2.45) is 7.05 Å². The average molecular weight is 358 g/mol. The van der Waals surface area contributed by atoms with Gasteiger partial charge in [-0.3, -0.25) is 4.90 Å². The Morgan fingerprint density at radius 1 is 1.24 bits per heavy atom. The summed E-state index contributed by atoms with van der Waals surface area (Å²) in [6.07, 6.45) is 3.90.